The molecule has 3 aromatic rings. The van der Waals surface area contributed by atoms with E-state index in [-0.39, 0.29) is 33.9 Å². The van der Waals surface area contributed by atoms with Crippen molar-refractivity contribution in [1.29, 1.82) is 0 Å². The number of carbonyl (C=O) groups excluding carboxylic acids is 1. The van der Waals surface area contributed by atoms with Gasteiger partial charge in [0.2, 0.25) is 15.9 Å². The van der Waals surface area contributed by atoms with E-state index in [1.165, 1.54) is 28.8 Å². The first-order valence-corrected chi connectivity index (χ1v) is 16.3. The van der Waals surface area contributed by atoms with Gasteiger partial charge in [-0.15, -0.1) is 0 Å². The first-order valence-electron chi connectivity index (χ1n) is 13.0. The summed E-state index contributed by atoms with van der Waals surface area (Å²) in [5.74, 6) is 0.108. The number of aromatic nitrogens is 2. The molecule has 0 atom stereocenters. The highest BCUT2D eigenvalue weighted by Crippen LogP contribution is 2.39. The second kappa shape index (κ2) is 10.7. The summed E-state index contributed by atoms with van der Waals surface area (Å²) in [5, 5.41) is 6.51. The average Bonchev–Trinajstić information content (AvgIpc) is 3.56. The summed E-state index contributed by atoms with van der Waals surface area (Å²) in [7, 11) is -7.79. The zero-order chi connectivity index (χ0) is 26.9. The van der Waals surface area contributed by atoms with Crippen molar-refractivity contribution >= 4 is 48.4 Å². The number of nitrogens with one attached hydrogen (secondary N) is 2. The van der Waals surface area contributed by atoms with E-state index in [4.69, 9.17) is 0 Å². The Bertz CT molecular complexity index is 1520. The molecule has 10 nitrogen and oxygen atoms in total. The van der Waals surface area contributed by atoms with Crippen LogP contribution in [-0.2, 0) is 24.8 Å². The van der Waals surface area contributed by atoms with Gasteiger partial charge in [-0.05, 0) is 62.9 Å². The van der Waals surface area contributed by atoms with Crippen molar-refractivity contribution in [1.82, 2.24) is 14.3 Å². The lowest BCUT2D eigenvalue weighted by Crippen LogP contribution is -2.46. The Labute approximate surface area is 223 Å². The minimum Gasteiger partial charge on any atom is -0.323 e. The Hall–Kier alpha value is -2.96. The molecular formula is C26H33N5O5S2. The van der Waals surface area contributed by atoms with Crippen LogP contribution in [-0.4, -0.2) is 57.1 Å². The highest BCUT2D eigenvalue weighted by molar-refractivity contribution is 7.92. The molecule has 2 aromatic heterocycles. The Kier molecular flexibility index (Phi) is 7.47. The van der Waals surface area contributed by atoms with Crippen molar-refractivity contribution in [2.24, 2.45) is 5.92 Å². The maximum Gasteiger partial charge on any atom is 0.269 e. The Morgan fingerprint density at radius 3 is 2.39 bits per heavy atom. The largest absolute Gasteiger partial charge is 0.323 e. The second-order valence-electron chi connectivity index (χ2n) is 10.1. The summed E-state index contributed by atoms with van der Waals surface area (Å²) in [6, 6.07) is 9.21. The van der Waals surface area contributed by atoms with Crippen LogP contribution >= 0.6 is 0 Å². The zero-order valence-electron chi connectivity index (χ0n) is 21.3. The molecule has 204 valence electrons. The third-order valence-electron chi connectivity index (χ3n) is 7.39. The summed E-state index contributed by atoms with van der Waals surface area (Å²) in [4.78, 5) is 17.6. The fourth-order valence-corrected chi connectivity index (χ4v) is 8.22. The third kappa shape index (κ3) is 5.29. The smallest absolute Gasteiger partial charge is 0.269 e. The first-order chi connectivity index (χ1) is 18.2. The summed E-state index contributed by atoms with van der Waals surface area (Å²) in [6.45, 7) is 1.30. The number of nitrogens with zero attached hydrogens (tertiary/aromatic N) is 3. The first kappa shape index (κ1) is 26.6. The molecule has 38 heavy (non-hydrogen) atoms. The van der Waals surface area contributed by atoms with Crippen LogP contribution in [0.5, 0.6) is 0 Å². The molecule has 1 saturated carbocycles. The minimum atomic E-state index is -3.99. The highest BCUT2D eigenvalue weighted by Gasteiger charge is 2.34. The van der Waals surface area contributed by atoms with E-state index in [0.29, 0.717) is 43.7 Å². The van der Waals surface area contributed by atoms with Crippen LogP contribution in [0.25, 0.3) is 11.0 Å². The number of piperidine rings is 1. The maximum atomic E-state index is 13.5. The molecule has 2 fully saturated rings. The number of pyridine rings is 1. The summed E-state index contributed by atoms with van der Waals surface area (Å²) >= 11 is 0. The topological polar surface area (TPSA) is 130 Å². The highest BCUT2D eigenvalue weighted by atomic mass is 32.2. The van der Waals surface area contributed by atoms with Gasteiger partial charge in [0.05, 0.1) is 28.7 Å². The van der Waals surface area contributed by atoms with Crippen LogP contribution in [0, 0.1) is 5.92 Å². The quantitative estimate of drug-likeness (QED) is 0.433. The van der Waals surface area contributed by atoms with Crippen LogP contribution in [0.4, 0.5) is 11.4 Å². The molecule has 1 aromatic carbocycles. The molecule has 1 amide bonds. The third-order valence-corrected chi connectivity index (χ3v) is 10.3. The molecular weight excluding hydrogens is 526 g/mol. The Morgan fingerprint density at radius 1 is 1.05 bits per heavy atom. The maximum absolute atomic E-state index is 13.5. The van der Waals surface area contributed by atoms with Crippen molar-refractivity contribution in [2.45, 2.75) is 55.9 Å². The van der Waals surface area contributed by atoms with Crippen LogP contribution in [0.3, 0.4) is 0 Å². The molecule has 2 N–H and O–H groups in total. The number of anilines is 2. The van der Waals surface area contributed by atoms with Crippen molar-refractivity contribution in [3.05, 3.63) is 48.8 Å². The minimum absolute atomic E-state index is 0.0908. The Balaban J connectivity index is 1.65. The lowest BCUT2D eigenvalue weighted by atomic mass is 10.0. The van der Waals surface area contributed by atoms with Crippen molar-refractivity contribution in [2.75, 3.05) is 29.0 Å². The van der Waals surface area contributed by atoms with E-state index in [1.807, 2.05) is 0 Å². The van der Waals surface area contributed by atoms with Gasteiger partial charge in [-0.2, -0.15) is 0 Å². The number of sulfonamides is 1. The van der Waals surface area contributed by atoms with Crippen LogP contribution in [0.1, 0.15) is 44.9 Å². The van der Waals surface area contributed by atoms with Gasteiger partial charge in [-0.1, -0.05) is 31.0 Å². The summed E-state index contributed by atoms with van der Waals surface area (Å²) < 4.78 is 55.9. The van der Waals surface area contributed by atoms with E-state index < -0.39 is 20.0 Å². The van der Waals surface area contributed by atoms with E-state index in [1.54, 1.807) is 24.3 Å². The van der Waals surface area contributed by atoms with Gasteiger partial charge in [0.15, 0.2) is 5.65 Å². The second-order valence-corrected chi connectivity index (χ2v) is 13.8. The number of benzene rings is 1. The predicted molar refractivity (Wildman–Crippen MR) is 147 cm³/mol. The fraction of sp³-hybridized carbons (Fsp3) is 0.462. The molecule has 1 saturated heterocycles. The molecule has 1 aliphatic heterocycles. The van der Waals surface area contributed by atoms with Crippen molar-refractivity contribution in [3.63, 3.8) is 0 Å². The van der Waals surface area contributed by atoms with Gasteiger partial charge in [0.25, 0.3) is 10.0 Å². The van der Waals surface area contributed by atoms with Crippen LogP contribution in [0.2, 0.25) is 0 Å². The molecule has 2 aliphatic rings. The molecule has 0 unspecified atom stereocenters. The average molecular weight is 560 g/mol. The predicted octanol–water partition coefficient (Wildman–Crippen LogP) is 3.31. The standard InChI is InChI=1S/C26H33N5O5S2/c1-37(33,34)31(20-11-14-27-15-12-20)25-22-13-16-30(38(35,36)21-9-3-2-4-10-21)26(22)28-18-23(25)29-24(32)17-19-7-5-6-8-19/h2-4,9-10,13,16,18-20,27H,5-8,11-12,14-15,17H2,1H3,(H,29,32). The molecule has 0 radical (unpaired) electrons. The number of rotatable bonds is 8. The van der Waals surface area contributed by atoms with Crippen molar-refractivity contribution in [3.8, 4) is 0 Å². The number of fused-ring (bicyclic) bond motifs is 1. The van der Waals surface area contributed by atoms with E-state index >= 15 is 0 Å². The normalized spacial score (nSPS) is 17.6. The summed E-state index contributed by atoms with van der Waals surface area (Å²) in [5.41, 5.74) is 0.616. The van der Waals surface area contributed by atoms with Crippen LogP contribution in [0.15, 0.2) is 53.7 Å². The lowest BCUT2D eigenvalue weighted by molar-refractivity contribution is -0.117. The summed E-state index contributed by atoms with van der Waals surface area (Å²) in [6.07, 6.45) is 9.64. The molecule has 0 spiro atoms. The van der Waals surface area contributed by atoms with Gasteiger partial charge < -0.3 is 10.6 Å². The van der Waals surface area contributed by atoms with Gasteiger partial charge in [0.1, 0.15) is 0 Å². The number of amides is 1. The number of hydrogen-bond donors (Lipinski definition) is 2. The number of carbonyl (C=O) groups is 1. The van der Waals surface area contributed by atoms with E-state index in [2.05, 4.69) is 15.6 Å². The van der Waals surface area contributed by atoms with Gasteiger partial charge in [0, 0.05) is 24.0 Å². The zero-order valence-corrected chi connectivity index (χ0v) is 23.0. The SMILES string of the molecule is CS(=O)(=O)N(c1c(NC(=O)CC2CCCC2)cnc2c1ccn2S(=O)(=O)c1ccccc1)C1CCNCC1. The van der Waals surface area contributed by atoms with E-state index in [9.17, 15) is 21.6 Å². The van der Waals surface area contributed by atoms with Gasteiger partial charge >= 0.3 is 0 Å². The lowest BCUT2D eigenvalue weighted by Gasteiger charge is -2.35. The molecule has 1 aliphatic carbocycles. The monoisotopic (exact) mass is 559 g/mol. The Morgan fingerprint density at radius 2 is 1.74 bits per heavy atom. The fourth-order valence-electron chi connectivity index (χ4n) is 5.62. The van der Waals surface area contributed by atoms with Crippen molar-refractivity contribution < 1.29 is 21.6 Å². The number of hydrogen-bond acceptors (Lipinski definition) is 7. The molecule has 3 heterocycles. The van der Waals surface area contributed by atoms with Crippen LogP contribution < -0.4 is 14.9 Å². The molecule has 0 bridgehead atoms. The molecule has 5 rings (SSSR count). The van der Waals surface area contributed by atoms with Gasteiger partial charge in [-0.3, -0.25) is 9.10 Å². The van der Waals surface area contributed by atoms with Gasteiger partial charge in [-0.25, -0.2) is 25.8 Å². The van der Waals surface area contributed by atoms with E-state index in [0.717, 1.165) is 35.9 Å². The molecule has 12 heteroatoms.